The van der Waals surface area contributed by atoms with E-state index in [1.165, 1.54) is 0 Å². The Labute approximate surface area is 127 Å². The van der Waals surface area contributed by atoms with Gasteiger partial charge in [-0.25, -0.2) is 14.0 Å². The fourth-order valence-corrected chi connectivity index (χ4v) is 1.70. The van der Waals surface area contributed by atoms with Crippen molar-refractivity contribution in [1.29, 1.82) is 0 Å². The van der Waals surface area contributed by atoms with Crippen molar-refractivity contribution in [3.63, 3.8) is 0 Å². The third kappa shape index (κ3) is 4.70. The minimum absolute atomic E-state index is 0.0912. The Morgan fingerprint density at radius 3 is 1.50 bits per heavy atom. The summed E-state index contributed by atoms with van der Waals surface area (Å²) < 4.78 is 23.1. The van der Waals surface area contributed by atoms with Crippen LogP contribution in [0.15, 0.2) is 60.7 Å². The molecule has 2 rings (SSSR count). The SMILES string of the molecule is O=C(OCc1ccccc1)C(F)C(=O)OCc1ccccc1. The van der Waals surface area contributed by atoms with Crippen LogP contribution in [0.25, 0.3) is 0 Å². The number of hydrogen-bond donors (Lipinski definition) is 0. The van der Waals surface area contributed by atoms with Crippen LogP contribution in [0, 0.1) is 0 Å². The third-order valence-corrected chi connectivity index (χ3v) is 2.86. The first-order valence-electron chi connectivity index (χ1n) is 6.72. The number of benzene rings is 2. The molecular formula is C17H15FO4. The van der Waals surface area contributed by atoms with E-state index in [1.807, 2.05) is 12.1 Å². The van der Waals surface area contributed by atoms with Crippen LogP contribution in [0.1, 0.15) is 11.1 Å². The molecule has 0 unspecified atom stereocenters. The molecule has 0 amide bonds. The Balaban J connectivity index is 1.78. The summed E-state index contributed by atoms with van der Waals surface area (Å²) >= 11 is 0. The molecule has 0 spiro atoms. The minimum Gasteiger partial charge on any atom is -0.458 e. The topological polar surface area (TPSA) is 52.6 Å². The summed E-state index contributed by atoms with van der Waals surface area (Å²) in [5, 5.41) is 0. The van der Waals surface area contributed by atoms with Crippen molar-refractivity contribution in [2.24, 2.45) is 0 Å². The van der Waals surface area contributed by atoms with E-state index in [0.29, 0.717) is 11.1 Å². The maximum absolute atomic E-state index is 13.6. The lowest BCUT2D eigenvalue weighted by atomic mass is 10.2. The summed E-state index contributed by atoms with van der Waals surface area (Å²) in [4.78, 5) is 22.9. The molecule has 114 valence electrons. The average molecular weight is 302 g/mol. The Bertz CT molecular complexity index is 558. The predicted octanol–water partition coefficient (Wildman–Crippen LogP) is 2.81. The molecule has 22 heavy (non-hydrogen) atoms. The van der Waals surface area contributed by atoms with Crippen LogP contribution in [0.3, 0.4) is 0 Å². The maximum atomic E-state index is 13.6. The first kappa shape index (κ1) is 15.7. The van der Waals surface area contributed by atoms with Crippen molar-refractivity contribution in [2.45, 2.75) is 19.4 Å². The van der Waals surface area contributed by atoms with Crippen molar-refractivity contribution in [1.82, 2.24) is 0 Å². The van der Waals surface area contributed by atoms with Gasteiger partial charge in [0.15, 0.2) is 0 Å². The molecule has 4 nitrogen and oxygen atoms in total. The molecular weight excluding hydrogens is 287 g/mol. The van der Waals surface area contributed by atoms with Crippen LogP contribution >= 0.6 is 0 Å². The monoisotopic (exact) mass is 302 g/mol. The Kier molecular flexibility index (Phi) is 5.65. The quantitative estimate of drug-likeness (QED) is 0.608. The molecule has 0 bridgehead atoms. The van der Waals surface area contributed by atoms with E-state index >= 15 is 0 Å². The van der Waals surface area contributed by atoms with E-state index in [-0.39, 0.29) is 13.2 Å². The van der Waals surface area contributed by atoms with Gasteiger partial charge in [0, 0.05) is 0 Å². The van der Waals surface area contributed by atoms with Crippen LogP contribution in [-0.4, -0.2) is 18.1 Å². The van der Waals surface area contributed by atoms with Crippen LogP contribution < -0.4 is 0 Å². The summed E-state index contributed by atoms with van der Waals surface area (Å²) in [6.45, 7) is -0.182. The molecule has 0 saturated heterocycles. The number of hydrogen-bond acceptors (Lipinski definition) is 4. The Morgan fingerprint density at radius 2 is 1.14 bits per heavy atom. The maximum Gasteiger partial charge on any atom is 0.352 e. The number of esters is 2. The standard InChI is InChI=1S/C17H15FO4/c18-15(16(19)21-11-13-7-3-1-4-8-13)17(20)22-12-14-9-5-2-6-10-14/h1-10,15H,11-12H2. The average Bonchev–Trinajstić information content (AvgIpc) is 2.58. The van der Waals surface area contributed by atoms with Crippen molar-refractivity contribution in [2.75, 3.05) is 0 Å². The molecule has 0 radical (unpaired) electrons. The first-order chi connectivity index (χ1) is 10.7. The fraction of sp³-hybridized carbons (Fsp3) is 0.176. The summed E-state index contributed by atoms with van der Waals surface area (Å²) in [7, 11) is 0. The number of ether oxygens (including phenoxy) is 2. The van der Waals surface area contributed by atoms with E-state index in [4.69, 9.17) is 9.47 Å². The van der Waals surface area contributed by atoms with Crippen LogP contribution in [0.5, 0.6) is 0 Å². The first-order valence-corrected chi connectivity index (χ1v) is 6.72. The van der Waals surface area contributed by atoms with Gasteiger partial charge in [0.05, 0.1) is 0 Å². The van der Waals surface area contributed by atoms with Gasteiger partial charge in [0.2, 0.25) is 0 Å². The van der Waals surface area contributed by atoms with Crippen LogP contribution in [-0.2, 0) is 32.3 Å². The molecule has 0 aromatic heterocycles. The predicted molar refractivity (Wildman–Crippen MR) is 77.4 cm³/mol. The molecule has 5 heteroatoms. The van der Waals surface area contributed by atoms with Gasteiger partial charge in [-0.3, -0.25) is 0 Å². The van der Waals surface area contributed by atoms with Crippen molar-refractivity contribution < 1.29 is 23.5 Å². The van der Waals surface area contributed by atoms with Crippen LogP contribution in [0.4, 0.5) is 4.39 Å². The van der Waals surface area contributed by atoms with Crippen molar-refractivity contribution in [3.05, 3.63) is 71.8 Å². The molecule has 2 aromatic carbocycles. The lowest BCUT2D eigenvalue weighted by Crippen LogP contribution is -2.29. The molecule has 0 aliphatic carbocycles. The largest absolute Gasteiger partial charge is 0.458 e. The second kappa shape index (κ2) is 7.93. The molecule has 0 fully saturated rings. The van der Waals surface area contributed by atoms with Gasteiger partial charge in [0.1, 0.15) is 13.2 Å². The fourth-order valence-electron chi connectivity index (χ4n) is 1.70. The summed E-state index contributed by atoms with van der Waals surface area (Å²) in [6.07, 6.45) is -2.44. The molecule has 0 N–H and O–H groups in total. The van der Waals surface area contributed by atoms with Crippen molar-refractivity contribution in [3.8, 4) is 0 Å². The van der Waals surface area contributed by atoms with E-state index in [0.717, 1.165) is 0 Å². The highest BCUT2D eigenvalue weighted by Crippen LogP contribution is 2.07. The molecule has 0 aliphatic rings. The van der Waals surface area contributed by atoms with E-state index < -0.39 is 18.1 Å². The number of halogens is 1. The van der Waals surface area contributed by atoms with Gasteiger partial charge < -0.3 is 9.47 Å². The van der Waals surface area contributed by atoms with Gasteiger partial charge in [0.25, 0.3) is 6.17 Å². The summed E-state index contributed by atoms with van der Waals surface area (Å²) in [6, 6.07) is 17.6. The number of carbonyl (C=O) groups is 2. The highest BCUT2D eigenvalue weighted by Gasteiger charge is 2.29. The lowest BCUT2D eigenvalue weighted by Gasteiger charge is -2.09. The highest BCUT2D eigenvalue weighted by molar-refractivity contribution is 5.97. The number of alkyl halides is 1. The van der Waals surface area contributed by atoms with Gasteiger partial charge >= 0.3 is 11.9 Å². The smallest absolute Gasteiger partial charge is 0.352 e. The number of carbonyl (C=O) groups excluding carboxylic acids is 2. The van der Waals surface area contributed by atoms with Gasteiger partial charge in [-0.05, 0) is 11.1 Å². The minimum atomic E-state index is -2.44. The molecule has 2 aromatic rings. The van der Waals surface area contributed by atoms with Crippen molar-refractivity contribution >= 4 is 11.9 Å². The molecule has 0 aliphatic heterocycles. The zero-order chi connectivity index (χ0) is 15.8. The number of rotatable bonds is 6. The molecule has 0 saturated carbocycles. The lowest BCUT2D eigenvalue weighted by molar-refractivity contribution is -0.165. The van der Waals surface area contributed by atoms with E-state index in [2.05, 4.69) is 0 Å². The molecule has 0 heterocycles. The second-order valence-electron chi connectivity index (χ2n) is 4.55. The Hall–Kier alpha value is -2.69. The third-order valence-electron chi connectivity index (χ3n) is 2.86. The zero-order valence-electron chi connectivity index (χ0n) is 11.8. The normalized spacial score (nSPS) is 10.3. The second-order valence-corrected chi connectivity index (χ2v) is 4.55. The van der Waals surface area contributed by atoms with E-state index in [9.17, 15) is 14.0 Å². The zero-order valence-corrected chi connectivity index (χ0v) is 11.8. The summed E-state index contributed by atoms with van der Waals surface area (Å²) in [5.41, 5.74) is 1.42. The summed E-state index contributed by atoms with van der Waals surface area (Å²) in [5.74, 6) is -2.50. The highest BCUT2D eigenvalue weighted by atomic mass is 19.1. The Morgan fingerprint density at radius 1 is 0.773 bits per heavy atom. The van der Waals surface area contributed by atoms with Crippen LogP contribution in [0.2, 0.25) is 0 Å². The van der Waals surface area contributed by atoms with Gasteiger partial charge in [-0.2, -0.15) is 0 Å². The van der Waals surface area contributed by atoms with Gasteiger partial charge in [-0.15, -0.1) is 0 Å². The van der Waals surface area contributed by atoms with Gasteiger partial charge in [-0.1, -0.05) is 60.7 Å². The molecule has 0 atom stereocenters. The van der Waals surface area contributed by atoms with E-state index in [1.54, 1.807) is 48.5 Å².